The Kier molecular flexibility index (Phi) is 8.20. The van der Waals surface area contributed by atoms with E-state index < -0.39 is 5.60 Å². The first-order valence-electron chi connectivity index (χ1n) is 13.1. The lowest BCUT2D eigenvalue weighted by molar-refractivity contribution is -0.163. The minimum absolute atomic E-state index is 0.0444. The van der Waals surface area contributed by atoms with Crippen LogP contribution in [0.15, 0.2) is 6.20 Å². The average molecular weight is 478 g/mol. The van der Waals surface area contributed by atoms with Crippen LogP contribution in [0.2, 0.25) is 0 Å². The number of carbonyl (C=O) groups excluding carboxylic acids is 1. The number of amides is 1. The fourth-order valence-corrected chi connectivity index (χ4v) is 5.08. The fraction of sp³-hybridized carbons (Fsp3) is 0.846. The molecule has 34 heavy (non-hydrogen) atoms. The van der Waals surface area contributed by atoms with Gasteiger partial charge in [0.15, 0.2) is 6.29 Å². The Morgan fingerprint density at radius 1 is 1.15 bits per heavy atom. The van der Waals surface area contributed by atoms with Gasteiger partial charge in [-0.05, 0) is 65.7 Å². The zero-order valence-corrected chi connectivity index (χ0v) is 21.5. The molecule has 0 bridgehead atoms. The van der Waals surface area contributed by atoms with Crippen LogP contribution in [0, 0.1) is 0 Å². The summed E-state index contributed by atoms with van der Waals surface area (Å²) in [5.41, 5.74) is 0.734. The van der Waals surface area contributed by atoms with Gasteiger partial charge in [0.2, 0.25) is 0 Å². The van der Waals surface area contributed by atoms with Gasteiger partial charge in [-0.3, -0.25) is 0 Å². The number of hydrogen-bond acceptors (Lipinski definition) is 6. The molecule has 0 spiro atoms. The summed E-state index contributed by atoms with van der Waals surface area (Å²) >= 11 is 0. The summed E-state index contributed by atoms with van der Waals surface area (Å²) in [6, 6.07) is 0. The quantitative estimate of drug-likeness (QED) is 0.596. The maximum absolute atomic E-state index is 12.5. The van der Waals surface area contributed by atoms with E-state index in [0.717, 1.165) is 76.4 Å². The third-order valence-corrected chi connectivity index (χ3v) is 7.31. The van der Waals surface area contributed by atoms with Gasteiger partial charge in [-0.25, -0.2) is 9.78 Å². The number of hydrogen-bond donors (Lipinski definition) is 0. The summed E-state index contributed by atoms with van der Waals surface area (Å²) in [5, 5.41) is 0. The molecule has 0 aromatic carbocycles. The van der Waals surface area contributed by atoms with E-state index in [4.69, 9.17) is 23.9 Å². The number of imidazole rings is 1. The van der Waals surface area contributed by atoms with Gasteiger partial charge in [-0.1, -0.05) is 6.92 Å². The number of nitrogens with zero attached hydrogens (tertiary/aromatic N) is 3. The molecular formula is C26H43N3O5. The lowest BCUT2D eigenvalue weighted by atomic mass is 9.80. The lowest BCUT2D eigenvalue weighted by Crippen LogP contribution is -2.41. The highest BCUT2D eigenvalue weighted by molar-refractivity contribution is 5.68. The molecule has 1 aromatic heterocycles. The predicted octanol–water partition coefficient (Wildman–Crippen LogP) is 4.61. The van der Waals surface area contributed by atoms with Crippen LogP contribution in [0.3, 0.4) is 0 Å². The van der Waals surface area contributed by atoms with E-state index in [-0.39, 0.29) is 17.8 Å². The van der Waals surface area contributed by atoms with Crippen molar-refractivity contribution in [1.29, 1.82) is 0 Å². The lowest BCUT2D eigenvalue weighted by Gasteiger charge is -2.33. The molecule has 3 fully saturated rings. The second kappa shape index (κ2) is 11.0. The SMILES string of the molecule is CC(C)(C)OC(=O)N1CCC(c2nc(C3(C)CCOCC3)cn2CCOC2CCCCO2)CC1. The smallest absolute Gasteiger partial charge is 0.410 e. The molecule has 3 aliphatic heterocycles. The highest BCUT2D eigenvalue weighted by atomic mass is 16.7. The Balaban J connectivity index is 1.43. The molecule has 8 nitrogen and oxygen atoms in total. The van der Waals surface area contributed by atoms with Crippen molar-refractivity contribution in [3.05, 3.63) is 17.7 Å². The van der Waals surface area contributed by atoms with Crippen molar-refractivity contribution in [1.82, 2.24) is 14.5 Å². The molecule has 0 saturated carbocycles. The number of carbonyl (C=O) groups is 1. The largest absolute Gasteiger partial charge is 0.444 e. The van der Waals surface area contributed by atoms with Gasteiger partial charge in [-0.15, -0.1) is 0 Å². The standard InChI is InChI=1S/C26H43N3O5/c1-25(2,3)34-24(30)28-12-8-20(9-13-28)23-27-21(26(4)10-16-31-17-11-26)19-29(23)14-18-33-22-7-5-6-15-32-22/h19-20,22H,5-18H2,1-4H3. The van der Waals surface area contributed by atoms with Crippen LogP contribution in [-0.4, -0.2) is 72.0 Å². The topological polar surface area (TPSA) is 75.0 Å². The van der Waals surface area contributed by atoms with Crippen molar-refractivity contribution in [3.8, 4) is 0 Å². The zero-order valence-electron chi connectivity index (χ0n) is 21.5. The van der Waals surface area contributed by atoms with Gasteiger partial charge < -0.3 is 28.4 Å². The third kappa shape index (κ3) is 6.52. The third-order valence-electron chi connectivity index (χ3n) is 7.31. The molecule has 1 unspecified atom stereocenters. The van der Waals surface area contributed by atoms with Crippen molar-refractivity contribution >= 4 is 6.09 Å². The minimum Gasteiger partial charge on any atom is -0.444 e. The molecule has 8 heteroatoms. The van der Waals surface area contributed by atoms with E-state index in [1.54, 1.807) is 0 Å². The van der Waals surface area contributed by atoms with Gasteiger partial charge in [0.05, 0.1) is 12.3 Å². The van der Waals surface area contributed by atoms with Crippen LogP contribution < -0.4 is 0 Å². The van der Waals surface area contributed by atoms with E-state index in [1.165, 1.54) is 6.42 Å². The molecule has 3 saturated heterocycles. The summed E-state index contributed by atoms with van der Waals surface area (Å²) in [5.74, 6) is 1.45. The van der Waals surface area contributed by atoms with Crippen LogP contribution >= 0.6 is 0 Å². The summed E-state index contributed by atoms with van der Waals surface area (Å²) < 4.78 is 25.3. The van der Waals surface area contributed by atoms with E-state index in [9.17, 15) is 4.79 Å². The monoisotopic (exact) mass is 477 g/mol. The Hall–Kier alpha value is -1.64. The first-order chi connectivity index (χ1) is 16.2. The molecule has 1 atom stereocenters. The van der Waals surface area contributed by atoms with E-state index in [1.807, 2.05) is 25.7 Å². The maximum Gasteiger partial charge on any atom is 0.410 e. The molecule has 0 aliphatic carbocycles. The minimum atomic E-state index is -0.472. The Labute approximate surface area is 204 Å². The average Bonchev–Trinajstić information content (AvgIpc) is 3.24. The number of likely N-dealkylation sites (tertiary alicyclic amines) is 1. The molecule has 0 N–H and O–H groups in total. The highest BCUT2D eigenvalue weighted by Gasteiger charge is 2.35. The second-order valence-electron chi connectivity index (χ2n) is 11.3. The predicted molar refractivity (Wildman–Crippen MR) is 129 cm³/mol. The molecule has 0 radical (unpaired) electrons. The van der Waals surface area contributed by atoms with Crippen molar-refractivity contribution in [2.75, 3.05) is 39.5 Å². The van der Waals surface area contributed by atoms with Crippen LogP contribution in [0.5, 0.6) is 0 Å². The van der Waals surface area contributed by atoms with E-state index >= 15 is 0 Å². The molecule has 3 aliphatic rings. The van der Waals surface area contributed by atoms with Crippen LogP contribution in [0.25, 0.3) is 0 Å². The second-order valence-corrected chi connectivity index (χ2v) is 11.3. The Morgan fingerprint density at radius 2 is 1.88 bits per heavy atom. The van der Waals surface area contributed by atoms with Gasteiger partial charge in [0.1, 0.15) is 11.4 Å². The fourth-order valence-electron chi connectivity index (χ4n) is 5.08. The van der Waals surface area contributed by atoms with Crippen molar-refractivity contribution in [2.45, 2.75) is 102 Å². The van der Waals surface area contributed by atoms with E-state index in [2.05, 4.69) is 17.7 Å². The first-order valence-corrected chi connectivity index (χ1v) is 13.1. The zero-order chi connectivity index (χ0) is 24.2. The van der Waals surface area contributed by atoms with Gasteiger partial charge >= 0.3 is 6.09 Å². The van der Waals surface area contributed by atoms with Gasteiger partial charge in [0, 0.05) is 57.0 Å². The van der Waals surface area contributed by atoms with Crippen LogP contribution in [0.1, 0.15) is 90.1 Å². The molecule has 192 valence electrons. The number of piperidine rings is 1. The molecule has 4 rings (SSSR count). The summed E-state index contributed by atoms with van der Waals surface area (Å²) in [6.07, 6.45) is 8.98. The molecule has 4 heterocycles. The van der Waals surface area contributed by atoms with Crippen LogP contribution in [-0.2, 0) is 30.9 Å². The number of aromatic nitrogens is 2. The number of rotatable bonds is 6. The van der Waals surface area contributed by atoms with Crippen LogP contribution in [0.4, 0.5) is 4.79 Å². The van der Waals surface area contributed by atoms with Crippen molar-refractivity contribution in [3.63, 3.8) is 0 Å². The highest BCUT2D eigenvalue weighted by Crippen LogP contribution is 2.36. The summed E-state index contributed by atoms with van der Waals surface area (Å²) in [6.45, 7) is 13.2. The summed E-state index contributed by atoms with van der Waals surface area (Å²) in [4.78, 5) is 19.6. The van der Waals surface area contributed by atoms with E-state index in [0.29, 0.717) is 25.6 Å². The Morgan fingerprint density at radius 3 is 2.53 bits per heavy atom. The normalized spacial score (nSPS) is 24.2. The van der Waals surface area contributed by atoms with Gasteiger partial charge in [0.25, 0.3) is 0 Å². The molecular weight excluding hydrogens is 434 g/mol. The molecule has 1 amide bonds. The van der Waals surface area contributed by atoms with Gasteiger partial charge in [-0.2, -0.15) is 0 Å². The first kappa shape index (κ1) is 25.5. The maximum atomic E-state index is 12.5. The molecule has 1 aromatic rings. The Bertz CT molecular complexity index is 798. The number of ether oxygens (including phenoxy) is 4. The summed E-state index contributed by atoms with van der Waals surface area (Å²) in [7, 11) is 0. The van der Waals surface area contributed by atoms with Crippen molar-refractivity contribution in [2.24, 2.45) is 0 Å². The van der Waals surface area contributed by atoms with Crippen molar-refractivity contribution < 1.29 is 23.7 Å².